The van der Waals surface area contributed by atoms with E-state index in [1.54, 1.807) is 60.7 Å². The van der Waals surface area contributed by atoms with Gasteiger partial charge < -0.3 is 15.1 Å². The Labute approximate surface area is 192 Å². The van der Waals surface area contributed by atoms with Gasteiger partial charge in [0.1, 0.15) is 5.76 Å². The Hall–Kier alpha value is -3.35. The van der Waals surface area contributed by atoms with Crippen molar-refractivity contribution >= 4 is 50.7 Å². The minimum Gasteiger partial charge on any atom is -0.451 e. The fourth-order valence-electron chi connectivity index (χ4n) is 2.89. The Balaban J connectivity index is 1.39. The number of halogens is 2. The first-order valence-corrected chi connectivity index (χ1v) is 10.5. The molecule has 2 N–H and O–H groups in total. The predicted octanol–water partition coefficient (Wildman–Crippen LogP) is 6.87. The minimum atomic E-state index is -0.362. The van der Waals surface area contributed by atoms with E-state index >= 15 is 0 Å². The molecule has 154 valence electrons. The highest BCUT2D eigenvalue weighted by molar-refractivity contribution is 9.10. The van der Waals surface area contributed by atoms with E-state index in [1.807, 2.05) is 24.3 Å². The minimum absolute atomic E-state index is 0.205. The van der Waals surface area contributed by atoms with Gasteiger partial charge in [-0.25, -0.2) is 0 Å². The van der Waals surface area contributed by atoms with Gasteiger partial charge in [-0.2, -0.15) is 0 Å². The zero-order valence-corrected chi connectivity index (χ0v) is 18.4. The van der Waals surface area contributed by atoms with Crippen molar-refractivity contribution in [2.75, 3.05) is 10.6 Å². The lowest BCUT2D eigenvalue weighted by atomic mass is 10.2. The lowest BCUT2D eigenvalue weighted by Gasteiger charge is -2.08. The zero-order valence-electron chi connectivity index (χ0n) is 16.1. The monoisotopic (exact) mass is 494 g/mol. The maximum Gasteiger partial charge on any atom is 0.291 e. The molecule has 0 unspecified atom stereocenters. The third-order valence-corrected chi connectivity index (χ3v) is 5.21. The Bertz CT molecular complexity index is 1230. The van der Waals surface area contributed by atoms with Gasteiger partial charge >= 0.3 is 0 Å². The van der Waals surface area contributed by atoms with Crippen LogP contribution in [0.1, 0.15) is 20.9 Å². The van der Waals surface area contributed by atoms with Crippen LogP contribution in [0.15, 0.2) is 93.8 Å². The second-order valence-electron chi connectivity index (χ2n) is 6.67. The molecular formula is C24H16BrClN2O3. The lowest BCUT2D eigenvalue weighted by Crippen LogP contribution is -2.12. The van der Waals surface area contributed by atoms with E-state index in [0.717, 1.165) is 10.0 Å². The van der Waals surface area contributed by atoms with E-state index < -0.39 is 0 Å². The van der Waals surface area contributed by atoms with Crippen LogP contribution in [0.25, 0.3) is 11.3 Å². The molecule has 7 heteroatoms. The van der Waals surface area contributed by atoms with Crippen molar-refractivity contribution in [2.45, 2.75) is 0 Å². The summed E-state index contributed by atoms with van der Waals surface area (Å²) in [6, 6.07) is 24.5. The smallest absolute Gasteiger partial charge is 0.291 e. The molecule has 2 amide bonds. The number of rotatable bonds is 5. The zero-order chi connectivity index (χ0) is 21.8. The van der Waals surface area contributed by atoms with Crippen LogP contribution in [0.4, 0.5) is 11.4 Å². The maximum absolute atomic E-state index is 12.5. The van der Waals surface area contributed by atoms with Gasteiger partial charge in [0.2, 0.25) is 0 Å². The van der Waals surface area contributed by atoms with Crippen molar-refractivity contribution in [2.24, 2.45) is 0 Å². The SMILES string of the molecule is O=C(Nc1ccc(NC(=O)c2ccc(-c3ccc(Br)cc3)o2)cc1)c1cccc(Cl)c1. The van der Waals surface area contributed by atoms with Crippen LogP contribution in [0.3, 0.4) is 0 Å². The normalized spacial score (nSPS) is 10.5. The number of furan rings is 1. The highest BCUT2D eigenvalue weighted by atomic mass is 79.9. The van der Waals surface area contributed by atoms with Gasteiger partial charge in [-0.1, -0.05) is 45.7 Å². The second kappa shape index (κ2) is 9.20. The molecule has 0 atom stereocenters. The highest BCUT2D eigenvalue weighted by Gasteiger charge is 2.13. The fraction of sp³-hybridized carbons (Fsp3) is 0. The van der Waals surface area contributed by atoms with Crippen molar-refractivity contribution < 1.29 is 14.0 Å². The topological polar surface area (TPSA) is 71.3 Å². The Morgan fingerprint density at radius 3 is 2.06 bits per heavy atom. The van der Waals surface area contributed by atoms with Crippen molar-refractivity contribution in [3.05, 3.63) is 106 Å². The van der Waals surface area contributed by atoms with Crippen LogP contribution >= 0.6 is 27.5 Å². The number of hydrogen-bond acceptors (Lipinski definition) is 3. The summed E-state index contributed by atoms with van der Waals surface area (Å²) in [5.41, 5.74) is 2.51. The van der Waals surface area contributed by atoms with E-state index in [-0.39, 0.29) is 17.6 Å². The van der Waals surface area contributed by atoms with Crippen molar-refractivity contribution in [3.8, 4) is 11.3 Å². The summed E-state index contributed by atoms with van der Waals surface area (Å²) in [6.45, 7) is 0. The molecule has 0 bridgehead atoms. The number of nitrogens with one attached hydrogen (secondary N) is 2. The molecule has 5 nitrogen and oxygen atoms in total. The highest BCUT2D eigenvalue weighted by Crippen LogP contribution is 2.25. The average Bonchev–Trinajstić information content (AvgIpc) is 3.26. The number of benzene rings is 3. The molecule has 0 radical (unpaired) electrons. The number of carbonyl (C=O) groups excluding carboxylic acids is 2. The first kappa shape index (κ1) is 20.9. The van der Waals surface area contributed by atoms with E-state index in [4.69, 9.17) is 16.0 Å². The van der Waals surface area contributed by atoms with Crippen molar-refractivity contribution in [1.29, 1.82) is 0 Å². The molecule has 0 aliphatic heterocycles. The standard InChI is InChI=1S/C24H16BrClN2O3/c25-17-6-4-15(5-7-17)21-12-13-22(31-21)24(30)28-20-10-8-19(9-11-20)27-23(29)16-2-1-3-18(26)14-16/h1-14H,(H,27,29)(H,28,30). The number of amides is 2. The molecule has 4 rings (SSSR count). The lowest BCUT2D eigenvalue weighted by molar-refractivity contribution is 0.0995. The first-order valence-electron chi connectivity index (χ1n) is 9.32. The van der Waals surface area contributed by atoms with Gasteiger partial charge in [-0.15, -0.1) is 0 Å². The number of hydrogen-bond donors (Lipinski definition) is 2. The molecular weight excluding hydrogens is 480 g/mol. The summed E-state index contributed by atoms with van der Waals surface area (Å²) < 4.78 is 6.65. The van der Waals surface area contributed by atoms with Gasteiger partial charge in [0.15, 0.2) is 5.76 Å². The van der Waals surface area contributed by atoms with E-state index in [9.17, 15) is 9.59 Å². The molecule has 0 aliphatic rings. The summed E-state index contributed by atoms with van der Waals surface area (Å²) in [4.78, 5) is 24.8. The summed E-state index contributed by atoms with van der Waals surface area (Å²) >= 11 is 9.32. The molecule has 3 aromatic carbocycles. The second-order valence-corrected chi connectivity index (χ2v) is 8.02. The molecule has 0 fully saturated rings. The largest absolute Gasteiger partial charge is 0.451 e. The summed E-state index contributed by atoms with van der Waals surface area (Å²) in [6.07, 6.45) is 0. The Morgan fingerprint density at radius 1 is 0.774 bits per heavy atom. The third-order valence-electron chi connectivity index (χ3n) is 4.45. The summed E-state index contributed by atoms with van der Waals surface area (Å²) in [7, 11) is 0. The first-order chi connectivity index (χ1) is 15.0. The van der Waals surface area contributed by atoms with E-state index in [0.29, 0.717) is 27.7 Å². The number of anilines is 2. The molecule has 4 aromatic rings. The van der Waals surface area contributed by atoms with Crippen LogP contribution in [0.2, 0.25) is 5.02 Å². The Morgan fingerprint density at radius 2 is 1.42 bits per heavy atom. The van der Waals surface area contributed by atoms with Crippen molar-refractivity contribution in [3.63, 3.8) is 0 Å². The van der Waals surface area contributed by atoms with Crippen LogP contribution in [0, 0.1) is 0 Å². The summed E-state index contributed by atoms with van der Waals surface area (Å²) in [5.74, 6) is 0.183. The van der Waals surface area contributed by atoms with Crippen LogP contribution < -0.4 is 10.6 Å². The fourth-order valence-corrected chi connectivity index (χ4v) is 3.35. The van der Waals surface area contributed by atoms with Gasteiger partial charge in [0, 0.05) is 32.0 Å². The van der Waals surface area contributed by atoms with Gasteiger partial charge in [0.25, 0.3) is 11.8 Å². The predicted molar refractivity (Wildman–Crippen MR) is 126 cm³/mol. The molecule has 0 saturated heterocycles. The van der Waals surface area contributed by atoms with E-state index in [1.165, 1.54) is 0 Å². The molecule has 0 spiro atoms. The van der Waals surface area contributed by atoms with Crippen LogP contribution in [-0.2, 0) is 0 Å². The quantitative estimate of drug-likeness (QED) is 0.317. The molecule has 0 saturated carbocycles. The van der Waals surface area contributed by atoms with Gasteiger partial charge in [-0.3, -0.25) is 9.59 Å². The van der Waals surface area contributed by atoms with Gasteiger partial charge in [-0.05, 0) is 66.7 Å². The van der Waals surface area contributed by atoms with Crippen LogP contribution in [-0.4, -0.2) is 11.8 Å². The van der Waals surface area contributed by atoms with E-state index in [2.05, 4.69) is 26.6 Å². The maximum atomic E-state index is 12.5. The number of carbonyl (C=O) groups is 2. The van der Waals surface area contributed by atoms with Crippen molar-refractivity contribution in [1.82, 2.24) is 0 Å². The molecule has 1 aromatic heterocycles. The molecule has 31 heavy (non-hydrogen) atoms. The van der Waals surface area contributed by atoms with Crippen LogP contribution in [0.5, 0.6) is 0 Å². The Kier molecular flexibility index (Phi) is 6.21. The van der Waals surface area contributed by atoms with Gasteiger partial charge in [0.05, 0.1) is 0 Å². The average molecular weight is 496 g/mol. The third kappa shape index (κ3) is 5.23. The molecule has 1 heterocycles. The summed E-state index contributed by atoms with van der Waals surface area (Å²) in [5, 5.41) is 6.06. The molecule has 0 aliphatic carbocycles.